The molecule has 0 amide bonds. The average Bonchev–Trinajstić information content (AvgIpc) is 2.59. The number of benzene rings is 1. The van der Waals surface area contributed by atoms with Crippen LogP contribution in [0.2, 0.25) is 0 Å². The van der Waals surface area contributed by atoms with Gasteiger partial charge in [0.05, 0.1) is 26.1 Å². The maximum Gasteiger partial charge on any atom is 0.341 e. The molecule has 0 fully saturated rings. The van der Waals surface area contributed by atoms with E-state index in [1.807, 2.05) is 69.3 Å². The molecule has 0 aliphatic rings. The maximum absolute atomic E-state index is 11.7. The molecule has 0 aromatic heterocycles. The number of ether oxygens (including phenoxy) is 3. The number of hydrogen-bond acceptors (Lipinski definition) is 4. The number of methoxy groups -OCH3 is 2. The van der Waals surface area contributed by atoms with Gasteiger partial charge in [0.2, 0.25) is 0 Å². The van der Waals surface area contributed by atoms with E-state index in [0.29, 0.717) is 12.2 Å². The first kappa shape index (κ1) is 20.3. The number of allylic oxidation sites excluding steroid dienone is 3. The minimum atomic E-state index is -0.432. The molecule has 0 saturated heterocycles. The van der Waals surface area contributed by atoms with Crippen LogP contribution < -0.4 is 4.74 Å². The maximum atomic E-state index is 11.7. The number of rotatable bonds is 8. The van der Waals surface area contributed by atoms with Crippen molar-refractivity contribution in [3.63, 3.8) is 0 Å². The van der Waals surface area contributed by atoms with Crippen molar-refractivity contribution in [1.82, 2.24) is 0 Å². The first-order valence-corrected chi connectivity index (χ1v) is 8.00. The molecule has 134 valence electrons. The van der Waals surface area contributed by atoms with E-state index in [2.05, 4.69) is 0 Å². The van der Waals surface area contributed by atoms with Gasteiger partial charge in [0.15, 0.2) is 0 Å². The first-order valence-electron chi connectivity index (χ1n) is 8.00. The van der Waals surface area contributed by atoms with Crippen molar-refractivity contribution in [3.05, 3.63) is 71.0 Å². The van der Waals surface area contributed by atoms with Gasteiger partial charge in [-0.3, -0.25) is 0 Å². The molecule has 0 aliphatic heterocycles. The molecule has 4 nitrogen and oxygen atoms in total. The smallest absolute Gasteiger partial charge is 0.341 e. The Hall–Kier alpha value is -2.75. The number of esters is 1. The summed E-state index contributed by atoms with van der Waals surface area (Å²) >= 11 is 0. The fourth-order valence-corrected chi connectivity index (χ4v) is 1.94. The summed E-state index contributed by atoms with van der Waals surface area (Å²) in [6.45, 7) is 6.46. The van der Waals surface area contributed by atoms with E-state index in [1.165, 1.54) is 26.1 Å². The zero-order chi connectivity index (χ0) is 18.7. The predicted molar refractivity (Wildman–Crippen MR) is 101 cm³/mol. The highest BCUT2D eigenvalue weighted by Crippen LogP contribution is 2.16. The summed E-state index contributed by atoms with van der Waals surface area (Å²) in [7, 11) is 2.84. The Morgan fingerprint density at radius 2 is 1.92 bits per heavy atom. The van der Waals surface area contributed by atoms with Gasteiger partial charge in [0.1, 0.15) is 12.4 Å². The third-order valence-electron chi connectivity index (χ3n) is 3.30. The van der Waals surface area contributed by atoms with Crippen LogP contribution in [0.1, 0.15) is 26.3 Å². The normalized spacial score (nSPS) is 12.0. The third-order valence-corrected chi connectivity index (χ3v) is 3.30. The van der Waals surface area contributed by atoms with Gasteiger partial charge in [-0.15, -0.1) is 0 Å². The van der Waals surface area contributed by atoms with Gasteiger partial charge in [0, 0.05) is 0 Å². The minimum absolute atomic E-state index is 0.383. The molecule has 0 heterocycles. The van der Waals surface area contributed by atoms with Gasteiger partial charge in [-0.05, 0) is 50.1 Å². The molecule has 0 unspecified atom stereocenters. The molecule has 0 saturated carbocycles. The number of carbonyl (C=O) groups is 1. The minimum Gasteiger partial charge on any atom is -0.503 e. The fraction of sp³-hybridized carbons (Fsp3) is 0.286. The molecule has 25 heavy (non-hydrogen) atoms. The van der Waals surface area contributed by atoms with E-state index in [-0.39, 0.29) is 0 Å². The second-order valence-corrected chi connectivity index (χ2v) is 5.63. The fourth-order valence-electron chi connectivity index (χ4n) is 1.94. The summed E-state index contributed by atoms with van der Waals surface area (Å²) in [6, 6.07) is 7.82. The van der Waals surface area contributed by atoms with Gasteiger partial charge >= 0.3 is 5.97 Å². The van der Waals surface area contributed by atoms with Crippen LogP contribution in [0.3, 0.4) is 0 Å². The molecule has 0 bridgehead atoms. The van der Waals surface area contributed by atoms with Crippen LogP contribution in [-0.2, 0) is 14.3 Å². The summed E-state index contributed by atoms with van der Waals surface area (Å²) in [6.07, 6.45) is 9.06. The molecule has 4 heteroatoms. The van der Waals surface area contributed by atoms with E-state index < -0.39 is 5.97 Å². The van der Waals surface area contributed by atoms with Crippen LogP contribution >= 0.6 is 0 Å². The van der Waals surface area contributed by atoms with Gasteiger partial charge < -0.3 is 14.2 Å². The van der Waals surface area contributed by atoms with Crippen LogP contribution in [0.5, 0.6) is 5.75 Å². The quantitative estimate of drug-likeness (QED) is 0.226. The summed E-state index contributed by atoms with van der Waals surface area (Å²) in [5.41, 5.74) is 3.37. The second kappa shape index (κ2) is 10.9. The highest BCUT2D eigenvalue weighted by atomic mass is 16.5. The Balaban J connectivity index is 2.82. The van der Waals surface area contributed by atoms with Gasteiger partial charge in [-0.1, -0.05) is 35.9 Å². The van der Waals surface area contributed by atoms with Crippen molar-refractivity contribution in [1.29, 1.82) is 0 Å². The van der Waals surface area contributed by atoms with E-state index in [4.69, 9.17) is 14.2 Å². The van der Waals surface area contributed by atoms with E-state index >= 15 is 0 Å². The van der Waals surface area contributed by atoms with Crippen molar-refractivity contribution < 1.29 is 19.0 Å². The lowest BCUT2D eigenvalue weighted by atomic mass is 10.1. The van der Waals surface area contributed by atoms with E-state index in [1.54, 1.807) is 0 Å². The molecule has 0 spiro atoms. The zero-order valence-electron chi connectivity index (χ0n) is 15.5. The topological polar surface area (TPSA) is 44.8 Å². The van der Waals surface area contributed by atoms with Crippen LogP contribution in [-0.4, -0.2) is 26.8 Å². The lowest BCUT2D eigenvalue weighted by Crippen LogP contribution is -2.06. The molecule has 1 rings (SSSR count). The van der Waals surface area contributed by atoms with Crippen molar-refractivity contribution in [2.24, 2.45) is 0 Å². The summed E-state index contributed by atoms with van der Waals surface area (Å²) in [5.74, 6) is 0.383. The monoisotopic (exact) mass is 342 g/mol. The number of hydrogen-bond donors (Lipinski definition) is 0. The molecule has 0 N–H and O–H groups in total. The largest absolute Gasteiger partial charge is 0.503 e. The van der Waals surface area contributed by atoms with Gasteiger partial charge in [-0.2, -0.15) is 0 Å². The highest BCUT2D eigenvalue weighted by Gasteiger charge is 2.11. The Labute approximate surface area is 150 Å². The first-order chi connectivity index (χ1) is 12.0. The molecular weight excluding hydrogens is 316 g/mol. The standard InChI is InChI=1S/C21H26O4/c1-16(2)12-13-25-19-11-7-10-18(14-19)9-6-8-17(3)20(15-23-4)21(22)24-5/h6-12,14-15H,13H2,1-5H3. The Morgan fingerprint density at radius 3 is 2.56 bits per heavy atom. The van der Waals surface area contributed by atoms with Crippen molar-refractivity contribution in [3.8, 4) is 5.75 Å². The molecule has 0 aliphatic carbocycles. The Bertz CT molecular complexity index is 690. The van der Waals surface area contributed by atoms with Crippen LogP contribution in [0.15, 0.2) is 65.5 Å². The van der Waals surface area contributed by atoms with Crippen LogP contribution in [0.4, 0.5) is 0 Å². The summed E-state index contributed by atoms with van der Waals surface area (Å²) < 4.78 is 15.4. The summed E-state index contributed by atoms with van der Waals surface area (Å²) in [5, 5.41) is 0. The lowest BCUT2D eigenvalue weighted by molar-refractivity contribution is -0.135. The molecule has 1 aromatic rings. The Kier molecular flexibility index (Phi) is 8.86. The second-order valence-electron chi connectivity index (χ2n) is 5.63. The van der Waals surface area contributed by atoms with E-state index in [0.717, 1.165) is 16.9 Å². The number of carbonyl (C=O) groups excluding carboxylic acids is 1. The highest BCUT2D eigenvalue weighted by molar-refractivity contribution is 5.93. The molecular formula is C21H26O4. The van der Waals surface area contributed by atoms with Crippen LogP contribution in [0, 0.1) is 0 Å². The lowest BCUT2D eigenvalue weighted by Gasteiger charge is -2.05. The van der Waals surface area contributed by atoms with E-state index in [9.17, 15) is 4.79 Å². The van der Waals surface area contributed by atoms with Crippen molar-refractivity contribution in [2.75, 3.05) is 20.8 Å². The SMILES string of the molecule is COC=C(C(=O)OC)C(C)=CC=Cc1cccc(OCC=C(C)C)c1. The molecule has 0 radical (unpaired) electrons. The molecule has 0 atom stereocenters. The van der Waals surface area contributed by atoms with Crippen LogP contribution in [0.25, 0.3) is 6.08 Å². The van der Waals surface area contributed by atoms with Gasteiger partial charge in [-0.25, -0.2) is 4.79 Å². The molecule has 1 aromatic carbocycles. The van der Waals surface area contributed by atoms with Crippen molar-refractivity contribution >= 4 is 12.0 Å². The van der Waals surface area contributed by atoms with Gasteiger partial charge in [0.25, 0.3) is 0 Å². The predicted octanol–water partition coefficient (Wildman–Crippen LogP) is 4.69. The van der Waals surface area contributed by atoms with Crippen molar-refractivity contribution in [2.45, 2.75) is 20.8 Å². The third kappa shape index (κ3) is 7.57. The average molecular weight is 342 g/mol. The summed E-state index contributed by atoms with van der Waals surface area (Å²) in [4.78, 5) is 11.7. The zero-order valence-corrected chi connectivity index (χ0v) is 15.5. The Morgan fingerprint density at radius 1 is 1.16 bits per heavy atom.